The van der Waals surface area contributed by atoms with E-state index in [0.717, 1.165) is 11.4 Å². The number of nitrogen functional groups attached to an aromatic ring is 1. The summed E-state index contributed by atoms with van der Waals surface area (Å²) < 4.78 is 6.64. The highest BCUT2D eigenvalue weighted by molar-refractivity contribution is 5.70. The highest BCUT2D eigenvalue weighted by atomic mass is 16.6. The number of anilines is 1. The standard InChI is InChI=1S/C10H13N5O5.C4H3N5/c11-10-13-7-4(8(19)14-10)12-2-15(7)9-6(18)5(17)3(1-16)20-9;1-4-3(7-5-1)2-6-9-8-4/h2-3,5-6,9,16-18H,1H2,(H3,11,13,14,19);1-2H,(H,6,8)/t3-,5-,6-,9-;/m1./s1. The van der Waals surface area contributed by atoms with Crippen LogP contribution >= 0.6 is 0 Å². The van der Waals surface area contributed by atoms with Crippen LogP contribution in [0.4, 0.5) is 5.95 Å². The molecule has 1 saturated heterocycles. The third kappa shape index (κ3) is 3.38. The van der Waals surface area contributed by atoms with Crippen molar-refractivity contribution in [2.24, 2.45) is 0 Å². The maximum atomic E-state index is 11.7. The topological polar surface area (TPSA) is 227 Å². The number of nitrogens with two attached hydrogens (primary N) is 1. The van der Waals surface area contributed by atoms with Crippen LogP contribution in [0.15, 0.2) is 23.5 Å². The van der Waals surface area contributed by atoms with Crippen molar-refractivity contribution >= 4 is 17.1 Å². The van der Waals surface area contributed by atoms with E-state index in [1.807, 2.05) is 0 Å². The zero-order chi connectivity index (χ0) is 20.5. The number of aromatic amines is 2. The Morgan fingerprint density at radius 2 is 2.07 bits per heavy atom. The van der Waals surface area contributed by atoms with Gasteiger partial charge in [-0.1, -0.05) is 5.21 Å². The lowest BCUT2D eigenvalue weighted by molar-refractivity contribution is -0.0511. The van der Waals surface area contributed by atoms with Gasteiger partial charge < -0.3 is 25.8 Å². The monoisotopic (exact) mass is 404 g/mol. The van der Waals surface area contributed by atoms with E-state index in [2.05, 4.69) is 40.6 Å². The van der Waals surface area contributed by atoms with Crippen molar-refractivity contribution in [2.45, 2.75) is 24.5 Å². The van der Waals surface area contributed by atoms with Crippen molar-refractivity contribution < 1.29 is 20.1 Å². The van der Waals surface area contributed by atoms with E-state index in [1.54, 1.807) is 12.4 Å². The van der Waals surface area contributed by atoms with Crippen LogP contribution in [0.5, 0.6) is 0 Å². The summed E-state index contributed by atoms with van der Waals surface area (Å²) in [5, 5.41) is 45.9. The molecule has 3 aliphatic heterocycles. The van der Waals surface area contributed by atoms with Gasteiger partial charge in [-0.25, -0.2) is 4.98 Å². The maximum Gasteiger partial charge on any atom is 0.280 e. The lowest BCUT2D eigenvalue weighted by atomic mass is 10.1. The van der Waals surface area contributed by atoms with Crippen LogP contribution in [0, 0.1) is 0 Å². The third-order valence-corrected chi connectivity index (χ3v) is 4.28. The Hall–Kier alpha value is -3.53. The quantitative estimate of drug-likeness (QED) is 0.196. The van der Waals surface area contributed by atoms with Crippen LogP contribution in [0.25, 0.3) is 22.6 Å². The summed E-state index contributed by atoms with van der Waals surface area (Å²) in [6.07, 6.45) is -0.0588. The summed E-state index contributed by atoms with van der Waals surface area (Å²) in [6, 6.07) is 0. The van der Waals surface area contributed by atoms with Gasteiger partial charge >= 0.3 is 0 Å². The van der Waals surface area contributed by atoms with E-state index in [4.69, 9.17) is 15.6 Å². The van der Waals surface area contributed by atoms with Crippen LogP contribution in [-0.4, -0.2) is 85.4 Å². The zero-order valence-corrected chi connectivity index (χ0v) is 14.6. The molecule has 15 nitrogen and oxygen atoms in total. The number of hydrogen-bond donors (Lipinski definition) is 6. The summed E-state index contributed by atoms with van der Waals surface area (Å²) in [5.74, 6) is -0.101. The lowest BCUT2D eigenvalue weighted by Crippen LogP contribution is -2.33. The molecule has 2 aromatic heterocycles. The number of nitrogens with one attached hydrogen (secondary N) is 2. The normalized spacial score (nSPS) is 24.0. The van der Waals surface area contributed by atoms with E-state index in [0.29, 0.717) is 0 Å². The fourth-order valence-corrected chi connectivity index (χ4v) is 2.86. The smallest absolute Gasteiger partial charge is 0.280 e. The molecule has 15 heteroatoms. The first-order chi connectivity index (χ1) is 14.0. The van der Waals surface area contributed by atoms with Gasteiger partial charge in [-0.3, -0.25) is 19.4 Å². The molecule has 1 fully saturated rings. The van der Waals surface area contributed by atoms with Crippen molar-refractivity contribution in [3.63, 3.8) is 0 Å². The summed E-state index contributed by atoms with van der Waals surface area (Å²) in [4.78, 5) is 21.8. The van der Waals surface area contributed by atoms with Gasteiger partial charge in [-0.05, 0) is 0 Å². The van der Waals surface area contributed by atoms with Gasteiger partial charge in [0.15, 0.2) is 17.4 Å². The van der Waals surface area contributed by atoms with E-state index >= 15 is 0 Å². The number of H-pyrrole nitrogens is 2. The highest BCUT2D eigenvalue weighted by Crippen LogP contribution is 2.30. The SMILES string of the molecule is Nc1nc2c(ncn2[C@@H]2O[C@H](CO)[C@@H](O)[C@H]2O)c(=O)[nH]1.c1nn[nH]c2cnnc1-2. The summed E-state index contributed by atoms with van der Waals surface area (Å²) in [7, 11) is 0. The largest absolute Gasteiger partial charge is 0.394 e. The number of imidazole rings is 1. The predicted octanol–water partition coefficient (Wildman–Crippen LogP) is -2.99. The zero-order valence-electron chi connectivity index (χ0n) is 14.6. The minimum Gasteiger partial charge on any atom is -0.394 e. The molecule has 29 heavy (non-hydrogen) atoms. The van der Waals surface area contributed by atoms with E-state index in [1.165, 1.54) is 10.9 Å². The van der Waals surface area contributed by atoms with Crippen LogP contribution < -0.4 is 11.3 Å². The molecule has 5 rings (SSSR count). The molecule has 4 atom stereocenters. The van der Waals surface area contributed by atoms with Crippen LogP contribution in [0.1, 0.15) is 6.23 Å². The van der Waals surface area contributed by atoms with Crippen molar-refractivity contribution in [3.8, 4) is 11.4 Å². The number of aliphatic hydroxyl groups is 3. The highest BCUT2D eigenvalue weighted by Gasteiger charge is 2.44. The second-order valence-electron chi connectivity index (χ2n) is 6.10. The van der Waals surface area contributed by atoms with Gasteiger partial charge in [-0.15, -0.1) is 10.2 Å². The molecule has 0 aliphatic carbocycles. The van der Waals surface area contributed by atoms with Gasteiger partial charge in [-0.2, -0.15) is 10.1 Å². The molecule has 152 valence electrons. The Labute approximate surface area is 160 Å². The number of hydrogen-bond acceptors (Lipinski definition) is 12. The predicted molar refractivity (Wildman–Crippen MR) is 94.2 cm³/mol. The Balaban J connectivity index is 0.000000188. The summed E-state index contributed by atoms with van der Waals surface area (Å²) in [6.45, 7) is -0.447. The average Bonchev–Trinajstić information content (AvgIpc) is 3.41. The van der Waals surface area contributed by atoms with Gasteiger partial charge in [0.05, 0.1) is 25.3 Å². The Morgan fingerprint density at radius 3 is 2.79 bits per heavy atom. The Morgan fingerprint density at radius 1 is 1.24 bits per heavy atom. The molecule has 0 aromatic carbocycles. The fraction of sp³-hybridized carbons (Fsp3) is 0.357. The molecule has 0 unspecified atom stereocenters. The number of aliphatic hydroxyl groups excluding tert-OH is 3. The van der Waals surface area contributed by atoms with E-state index in [9.17, 15) is 15.0 Å². The molecule has 0 radical (unpaired) electrons. The Kier molecular flexibility index (Phi) is 4.85. The molecule has 5 heterocycles. The number of aromatic nitrogens is 9. The summed E-state index contributed by atoms with van der Waals surface area (Å²) in [5.41, 5.74) is 6.67. The fourth-order valence-electron chi connectivity index (χ4n) is 2.86. The van der Waals surface area contributed by atoms with Crippen LogP contribution in [-0.2, 0) is 4.74 Å². The van der Waals surface area contributed by atoms with E-state index in [-0.39, 0.29) is 17.1 Å². The molecule has 7 N–H and O–H groups in total. The van der Waals surface area contributed by atoms with Crippen LogP contribution in [0.3, 0.4) is 0 Å². The van der Waals surface area contributed by atoms with E-state index < -0.39 is 36.7 Å². The molecule has 2 aromatic rings. The number of fused-ring (bicyclic) bond motifs is 2. The second-order valence-corrected chi connectivity index (χ2v) is 6.10. The molecular weight excluding hydrogens is 388 g/mol. The lowest BCUT2D eigenvalue weighted by Gasteiger charge is -2.16. The molecule has 0 bridgehead atoms. The molecule has 0 spiro atoms. The third-order valence-electron chi connectivity index (χ3n) is 4.28. The van der Waals surface area contributed by atoms with Gasteiger partial charge in [0.1, 0.15) is 29.7 Å². The number of ether oxygens (including phenoxy) is 1. The maximum absolute atomic E-state index is 11.7. The van der Waals surface area contributed by atoms with Crippen molar-refractivity contribution in [3.05, 3.63) is 29.1 Å². The second kappa shape index (κ2) is 7.47. The first-order valence-electron chi connectivity index (χ1n) is 8.32. The van der Waals surface area contributed by atoms with Crippen molar-refractivity contribution in [1.82, 2.24) is 45.1 Å². The number of rotatable bonds is 2. The number of nitrogens with zero attached hydrogens (tertiary/aromatic N) is 7. The minimum absolute atomic E-state index is 0.0388. The van der Waals surface area contributed by atoms with Gasteiger partial charge in [0, 0.05) is 0 Å². The van der Waals surface area contributed by atoms with Crippen molar-refractivity contribution in [2.75, 3.05) is 12.3 Å². The Bertz CT molecular complexity index is 1110. The van der Waals surface area contributed by atoms with Gasteiger partial charge in [0.25, 0.3) is 5.56 Å². The van der Waals surface area contributed by atoms with Crippen molar-refractivity contribution in [1.29, 1.82) is 0 Å². The molecular formula is C14H16N10O5. The molecule has 3 aliphatic rings. The molecule has 0 saturated carbocycles. The molecule has 0 amide bonds. The summed E-state index contributed by atoms with van der Waals surface area (Å²) >= 11 is 0. The first-order valence-corrected chi connectivity index (χ1v) is 8.32. The van der Waals surface area contributed by atoms with Gasteiger partial charge in [0.2, 0.25) is 5.95 Å². The van der Waals surface area contributed by atoms with Crippen LogP contribution in [0.2, 0.25) is 0 Å². The minimum atomic E-state index is -1.29. The first kappa shape index (κ1) is 18.8. The average molecular weight is 404 g/mol.